The maximum atomic E-state index is 11.8. The number of sulfonamides is 1. The second-order valence-electron chi connectivity index (χ2n) is 5.88. The standard InChI is InChI=1S/C14H21N7O2S/c1-20-13(15)11(9-18-20)12-5-6-16-14(19-12)17-8-10-4-3-7-21(10)24(2,22)23/h5-6,9-10H,3-4,7-8,15H2,1-2H3,(H,16,17,19). The summed E-state index contributed by atoms with van der Waals surface area (Å²) in [5.41, 5.74) is 7.38. The van der Waals surface area contributed by atoms with Crippen LogP contribution in [0.4, 0.5) is 11.8 Å². The molecule has 2 aromatic heterocycles. The number of hydrogen-bond acceptors (Lipinski definition) is 7. The monoisotopic (exact) mass is 351 g/mol. The molecule has 130 valence electrons. The van der Waals surface area contributed by atoms with E-state index in [1.165, 1.54) is 10.6 Å². The summed E-state index contributed by atoms with van der Waals surface area (Å²) in [5, 5.41) is 7.23. The van der Waals surface area contributed by atoms with Gasteiger partial charge in [-0.1, -0.05) is 0 Å². The van der Waals surface area contributed by atoms with E-state index < -0.39 is 10.0 Å². The van der Waals surface area contributed by atoms with Crippen molar-refractivity contribution in [3.05, 3.63) is 18.5 Å². The van der Waals surface area contributed by atoms with Crippen LogP contribution in [0.15, 0.2) is 18.5 Å². The molecule has 3 N–H and O–H groups in total. The van der Waals surface area contributed by atoms with Crippen LogP contribution in [0.2, 0.25) is 0 Å². The third kappa shape index (κ3) is 3.34. The highest BCUT2D eigenvalue weighted by atomic mass is 32.2. The van der Waals surface area contributed by atoms with E-state index in [4.69, 9.17) is 5.73 Å². The van der Waals surface area contributed by atoms with E-state index in [-0.39, 0.29) is 6.04 Å². The van der Waals surface area contributed by atoms with Crippen molar-refractivity contribution in [1.29, 1.82) is 0 Å². The minimum absolute atomic E-state index is 0.0734. The molecule has 3 rings (SSSR count). The van der Waals surface area contributed by atoms with Gasteiger partial charge >= 0.3 is 0 Å². The van der Waals surface area contributed by atoms with E-state index in [1.807, 2.05) is 0 Å². The maximum Gasteiger partial charge on any atom is 0.223 e. The summed E-state index contributed by atoms with van der Waals surface area (Å²) in [5.74, 6) is 0.967. The predicted molar refractivity (Wildman–Crippen MR) is 91.7 cm³/mol. The van der Waals surface area contributed by atoms with E-state index in [0.717, 1.165) is 18.4 Å². The van der Waals surface area contributed by atoms with Gasteiger partial charge in [0.2, 0.25) is 16.0 Å². The highest BCUT2D eigenvalue weighted by Gasteiger charge is 2.31. The fourth-order valence-corrected chi connectivity index (χ4v) is 4.08. The van der Waals surface area contributed by atoms with Gasteiger partial charge in [-0.2, -0.15) is 9.40 Å². The molecule has 0 aromatic carbocycles. The van der Waals surface area contributed by atoms with Crippen LogP contribution in [0.5, 0.6) is 0 Å². The minimum Gasteiger partial charge on any atom is -0.383 e. The molecule has 1 fully saturated rings. The number of rotatable bonds is 5. The molecule has 10 heteroatoms. The summed E-state index contributed by atoms with van der Waals surface area (Å²) in [6.07, 6.45) is 6.24. The Bertz CT molecular complexity index is 833. The van der Waals surface area contributed by atoms with E-state index in [0.29, 0.717) is 30.5 Å². The molecule has 2 aromatic rings. The quantitative estimate of drug-likeness (QED) is 0.795. The average Bonchev–Trinajstić information content (AvgIpc) is 3.13. The van der Waals surface area contributed by atoms with E-state index in [2.05, 4.69) is 20.4 Å². The topological polar surface area (TPSA) is 119 Å². The third-order valence-corrected chi connectivity index (χ3v) is 5.49. The Morgan fingerprint density at radius 3 is 2.92 bits per heavy atom. The maximum absolute atomic E-state index is 11.8. The van der Waals surface area contributed by atoms with Crippen molar-refractivity contribution in [2.45, 2.75) is 18.9 Å². The van der Waals surface area contributed by atoms with E-state index >= 15 is 0 Å². The van der Waals surface area contributed by atoms with Gasteiger partial charge in [0.15, 0.2) is 0 Å². The first-order valence-electron chi connectivity index (χ1n) is 7.68. The van der Waals surface area contributed by atoms with Crippen molar-refractivity contribution in [2.24, 2.45) is 7.05 Å². The Morgan fingerprint density at radius 1 is 1.46 bits per heavy atom. The molecular weight excluding hydrogens is 330 g/mol. The van der Waals surface area contributed by atoms with Crippen molar-refractivity contribution < 1.29 is 8.42 Å². The first kappa shape index (κ1) is 16.7. The van der Waals surface area contributed by atoms with Gasteiger partial charge in [0.1, 0.15) is 5.82 Å². The highest BCUT2D eigenvalue weighted by molar-refractivity contribution is 7.88. The van der Waals surface area contributed by atoms with Crippen LogP contribution in [-0.4, -0.2) is 57.9 Å². The summed E-state index contributed by atoms with van der Waals surface area (Å²) in [6, 6.07) is 1.69. The molecule has 0 aliphatic carbocycles. The van der Waals surface area contributed by atoms with Gasteiger partial charge in [-0.05, 0) is 18.9 Å². The fraction of sp³-hybridized carbons (Fsp3) is 0.500. The Labute approximate surface area is 140 Å². The minimum atomic E-state index is -3.19. The number of aryl methyl sites for hydroxylation is 1. The molecule has 9 nitrogen and oxygen atoms in total. The largest absolute Gasteiger partial charge is 0.383 e. The van der Waals surface area contributed by atoms with Gasteiger partial charge in [-0.3, -0.25) is 4.68 Å². The lowest BCUT2D eigenvalue weighted by atomic mass is 10.2. The highest BCUT2D eigenvalue weighted by Crippen LogP contribution is 2.24. The molecule has 0 amide bonds. The van der Waals surface area contributed by atoms with Crippen molar-refractivity contribution in [1.82, 2.24) is 24.1 Å². The Kier molecular flexibility index (Phi) is 4.41. The summed E-state index contributed by atoms with van der Waals surface area (Å²) >= 11 is 0. The van der Waals surface area contributed by atoms with E-state index in [1.54, 1.807) is 30.2 Å². The number of anilines is 2. The van der Waals surface area contributed by atoms with Crippen molar-refractivity contribution in [2.75, 3.05) is 30.4 Å². The molecule has 0 radical (unpaired) electrons. The summed E-state index contributed by atoms with van der Waals surface area (Å²) in [4.78, 5) is 8.63. The normalized spacial score (nSPS) is 18.8. The van der Waals surface area contributed by atoms with Crippen LogP contribution in [-0.2, 0) is 17.1 Å². The molecular formula is C14H21N7O2S. The van der Waals surface area contributed by atoms with Crippen LogP contribution >= 0.6 is 0 Å². The molecule has 24 heavy (non-hydrogen) atoms. The molecule has 1 atom stereocenters. The van der Waals surface area contributed by atoms with Crippen LogP contribution in [0.25, 0.3) is 11.3 Å². The summed E-state index contributed by atoms with van der Waals surface area (Å²) in [7, 11) is -1.42. The van der Waals surface area contributed by atoms with Gasteiger partial charge in [0.05, 0.1) is 23.7 Å². The van der Waals surface area contributed by atoms with Gasteiger partial charge in [0, 0.05) is 32.4 Å². The van der Waals surface area contributed by atoms with Crippen molar-refractivity contribution in [3.63, 3.8) is 0 Å². The number of nitrogen functional groups attached to an aromatic ring is 1. The molecule has 1 unspecified atom stereocenters. The van der Waals surface area contributed by atoms with Gasteiger partial charge in [-0.15, -0.1) is 0 Å². The predicted octanol–water partition coefficient (Wildman–Crippen LogP) is 0.295. The van der Waals surface area contributed by atoms with E-state index in [9.17, 15) is 8.42 Å². The average molecular weight is 351 g/mol. The first-order valence-corrected chi connectivity index (χ1v) is 9.52. The lowest BCUT2D eigenvalue weighted by Crippen LogP contribution is -2.39. The SMILES string of the molecule is Cn1ncc(-c2ccnc(NCC3CCCN3S(C)(=O)=O)n2)c1N. The van der Waals surface area contributed by atoms with Crippen LogP contribution in [0.3, 0.4) is 0 Å². The smallest absolute Gasteiger partial charge is 0.223 e. The molecule has 1 aliphatic heterocycles. The molecule has 0 bridgehead atoms. The van der Waals surface area contributed by atoms with Crippen molar-refractivity contribution in [3.8, 4) is 11.3 Å². The van der Waals surface area contributed by atoms with Gasteiger partial charge in [-0.25, -0.2) is 18.4 Å². The molecule has 3 heterocycles. The summed E-state index contributed by atoms with van der Waals surface area (Å²) in [6.45, 7) is 1.04. The molecule has 1 aliphatic rings. The second-order valence-corrected chi connectivity index (χ2v) is 7.82. The fourth-order valence-electron chi connectivity index (χ4n) is 2.90. The second kappa shape index (κ2) is 6.36. The first-order chi connectivity index (χ1) is 11.4. The van der Waals surface area contributed by atoms with Crippen LogP contribution < -0.4 is 11.1 Å². The molecule has 0 saturated carbocycles. The third-order valence-electron chi connectivity index (χ3n) is 4.16. The Hall–Kier alpha value is -2.20. The Morgan fingerprint density at radius 2 is 2.25 bits per heavy atom. The van der Waals surface area contributed by atoms with Crippen LogP contribution in [0.1, 0.15) is 12.8 Å². The van der Waals surface area contributed by atoms with Crippen LogP contribution in [0, 0.1) is 0 Å². The number of hydrogen-bond donors (Lipinski definition) is 2. The zero-order valence-corrected chi connectivity index (χ0v) is 14.5. The number of nitrogens with zero attached hydrogens (tertiary/aromatic N) is 5. The lowest BCUT2D eigenvalue weighted by molar-refractivity contribution is 0.402. The summed E-state index contributed by atoms with van der Waals surface area (Å²) < 4.78 is 26.7. The zero-order chi connectivity index (χ0) is 17.3. The number of nitrogens with one attached hydrogen (secondary N) is 1. The zero-order valence-electron chi connectivity index (χ0n) is 13.7. The number of aromatic nitrogens is 4. The number of nitrogens with two attached hydrogens (primary N) is 1. The van der Waals surface area contributed by atoms with Crippen molar-refractivity contribution >= 4 is 21.8 Å². The van der Waals surface area contributed by atoms with Gasteiger partial charge < -0.3 is 11.1 Å². The Balaban J connectivity index is 1.73. The lowest BCUT2D eigenvalue weighted by Gasteiger charge is -2.22. The van der Waals surface area contributed by atoms with Gasteiger partial charge in [0.25, 0.3) is 0 Å². The molecule has 1 saturated heterocycles. The molecule has 0 spiro atoms.